The fourth-order valence-corrected chi connectivity index (χ4v) is 7.32. The number of primary amides is 2. The molecular weight excluding hydrogens is 869 g/mol. The maximum Gasteiger partial charge on any atom is 0.327 e. The minimum atomic E-state index is -1.41. The van der Waals surface area contributed by atoms with Crippen LogP contribution in [0.4, 0.5) is 0 Å². The van der Waals surface area contributed by atoms with E-state index in [0.29, 0.717) is 25.7 Å². The van der Waals surface area contributed by atoms with E-state index in [9.17, 15) is 57.8 Å². The molecule has 2 aliphatic heterocycles. The van der Waals surface area contributed by atoms with Gasteiger partial charge in [0, 0.05) is 37.4 Å². The zero-order valence-corrected chi connectivity index (χ0v) is 37.0. The third kappa shape index (κ3) is 17.5. The number of aliphatic carboxylic acids is 1. The Morgan fingerprint density at radius 1 is 0.651 bits per heavy atom. The predicted molar refractivity (Wildman–Crippen MR) is 231 cm³/mol. The fraction of sp³-hybridized carbons (Fsp3) is 0.703. The summed E-state index contributed by atoms with van der Waals surface area (Å²) in [4.78, 5) is 143. The monoisotopic (exact) mass is 930 g/mol. The molecule has 354 valence electrons. The summed E-state index contributed by atoms with van der Waals surface area (Å²) < 4.78 is 0. The number of nitrogens with one attached hydrogen (secondary N) is 6. The molecule has 26 heteroatoms. The molecule has 2 heterocycles. The second-order valence-electron chi connectivity index (χ2n) is 15.2. The molecule has 24 nitrogen and oxygen atoms in total. The van der Waals surface area contributed by atoms with Gasteiger partial charge in [0.15, 0.2) is 0 Å². The van der Waals surface area contributed by atoms with E-state index in [0.717, 1.165) is 0 Å². The van der Waals surface area contributed by atoms with Crippen LogP contribution in [0.25, 0.3) is 0 Å². The molecule has 63 heavy (non-hydrogen) atoms. The molecule has 2 aliphatic rings. The first kappa shape index (κ1) is 53.9. The summed E-state index contributed by atoms with van der Waals surface area (Å²) in [5.74, 6) is -9.00. The minimum Gasteiger partial charge on any atom is -0.480 e. The first-order chi connectivity index (χ1) is 29.7. The Bertz CT molecular complexity index is 1690. The van der Waals surface area contributed by atoms with Gasteiger partial charge >= 0.3 is 5.97 Å². The van der Waals surface area contributed by atoms with Gasteiger partial charge in [-0.25, -0.2) is 4.79 Å². The second-order valence-corrected chi connectivity index (χ2v) is 16.0. The van der Waals surface area contributed by atoms with E-state index in [-0.39, 0.29) is 76.1 Å². The van der Waals surface area contributed by atoms with Crippen LogP contribution in [0, 0.1) is 0 Å². The highest BCUT2D eigenvalue weighted by Crippen LogP contribution is 2.22. The molecule has 10 amide bonds. The van der Waals surface area contributed by atoms with E-state index in [4.69, 9.17) is 22.9 Å². The summed E-state index contributed by atoms with van der Waals surface area (Å²) in [5, 5.41) is 24.1. The Hall–Kier alpha value is -5.21. The largest absolute Gasteiger partial charge is 0.480 e. The Morgan fingerprint density at radius 3 is 1.68 bits per heavy atom. The molecule has 0 saturated carbocycles. The zero-order chi connectivity index (χ0) is 47.4. The van der Waals surface area contributed by atoms with E-state index < -0.39 is 120 Å². The third-order valence-corrected chi connectivity index (χ3v) is 11.1. The van der Waals surface area contributed by atoms with Gasteiger partial charge in [0.05, 0.1) is 12.6 Å². The predicted octanol–water partition coefficient (Wildman–Crippen LogP) is -5.54. The smallest absolute Gasteiger partial charge is 0.327 e. The molecule has 0 spiro atoms. The Balaban J connectivity index is 2.08. The van der Waals surface area contributed by atoms with E-state index in [1.165, 1.54) is 16.7 Å². The van der Waals surface area contributed by atoms with Crippen LogP contribution < -0.4 is 54.8 Å². The van der Waals surface area contributed by atoms with E-state index in [1.54, 1.807) is 0 Å². The Labute approximate surface area is 375 Å². The van der Waals surface area contributed by atoms with Crippen LogP contribution in [0.5, 0.6) is 0 Å². The number of hydrogen-bond donors (Lipinski definition) is 13. The Morgan fingerprint density at radius 2 is 1.16 bits per heavy atom. The lowest BCUT2D eigenvalue weighted by Gasteiger charge is -2.31. The van der Waals surface area contributed by atoms with Crippen LogP contribution in [0.15, 0.2) is 0 Å². The number of hydrogen-bond acceptors (Lipinski definition) is 15. The molecule has 0 bridgehead atoms. The fourth-order valence-electron chi connectivity index (χ4n) is 6.91. The summed E-state index contributed by atoms with van der Waals surface area (Å²) in [6.07, 6.45) is 1.23. The summed E-state index contributed by atoms with van der Waals surface area (Å²) in [6, 6.07) is -9.50. The number of rotatable bonds is 27. The summed E-state index contributed by atoms with van der Waals surface area (Å²) in [5.41, 5.74) is 21.8. The number of amides is 10. The molecular formula is C37H62N12O12S2. The zero-order valence-electron chi connectivity index (χ0n) is 35.2. The van der Waals surface area contributed by atoms with Gasteiger partial charge in [-0.05, 0) is 71.3 Å². The number of nitrogens with two attached hydrogens (primary N) is 4. The van der Waals surface area contributed by atoms with E-state index in [2.05, 4.69) is 57.2 Å². The van der Waals surface area contributed by atoms with Crippen molar-refractivity contribution in [2.45, 2.75) is 126 Å². The standard InChI is InChI=1S/C37H62N12O12S2/c1-19(43-34(57)26-8-5-15-49(26)36(59)23(10-12-28(41)51)46-30(53)20(39)17-62)35(58)48-14-4-7-25(48)33(56)42-16-29(52)44-21(6-2-3-13-38)31(54)45-22(9-11-27(40)50)32(55)47-24(18-63)37(60)61/h19-26,62-63H,2-18,38-39H2,1H3,(H2,40,50)(H2,41,51)(H,42,56)(H,43,57)(H,44,52)(H,45,54)(H,46,53)(H,47,55)(H,60,61)/t19-,20-,21-,22-,23-,24-,25-,26-/m0/s1. The van der Waals surface area contributed by atoms with Crippen molar-refractivity contribution in [1.29, 1.82) is 0 Å². The first-order valence-electron chi connectivity index (χ1n) is 20.6. The van der Waals surface area contributed by atoms with Crippen LogP contribution in [0.3, 0.4) is 0 Å². The van der Waals surface area contributed by atoms with Crippen molar-refractivity contribution in [1.82, 2.24) is 41.7 Å². The number of thiol groups is 2. The molecule has 2 saturated heterocycles. The Kier molecular flexibility index (Phi) is 23.2. The highest BCUT2D eigenvalue weighted by atomic mass is 32.1. The second kappa shape index (κ2) is 27.1. The van der Waals surface area contributed by atoms with E-state index >= 15 is 0 Å². The van der Waals surface area contributed by atoms with Gasteiger partial charge in [0.25, 0.3) is 0 Å². The lowest BCUT2D eigenvalue weighted by atomic mass is 10.1. The number of likely N-dealkylation sites (tertiary alicyclic amines) is 2. The molecule has 0 aromatic rings. The maximum atomic E-state index is 13.6. The van der Waals surface area contributed by atoms with Gasteiger partial charge < -0.3 is 69.7 Å². The number of carboxylic acid groups (broad SMARTS) is 1. The van der Waals surface area contributed by atoms with Crippen LogP contribution in [-0.2, 0) is 52.7 Å². The van der Waals surface area contributed by atoms with Gasteiger partial charge in [-0.2, -0.15) is 25.3 Å². The molecule has 8 atom stereocenters. The van der Waals surface area contributed by atoms with Crippen molar-refractivity contribution < 1.29 is 57.8 Å². The summed E-state index contributed by atoms with van der Waals surface area (Å²) in [6.45, 7) is 1.38. The van der Waals surface area contributed by atoms with Crippen molar-refractivity contribution in [2.75, 3.05) is 37.7 Å². The number of carboxylic acids is 1. The molecule has 0 aliphatic carbocycles. The normalized spacial score (nSPS) is 18.7. The lowest BCUT2D eigenvalue weighted by Crippen LogP contribution is -2.58. The molecule has 0 radical (unpaired) electrons. The quantitative estimate of drug-likeness (QED) is 0.0270. The third-order valence-electron chi connectivity index (χ3n) is 10.4. The molecule has 2 rings (SSSR count). The van der Waals surface area contributed by atoms with Crippen molar-refractivity contribution in [2.24, 2.45) is 22.9 Å². The maximum absolute atomic E-state index is 13.6. The van der Waals surface area contributed by atoms with Crippen LogP contribution in [-0.4, -0.2) is 166 Å². The van der Waals surface area contributed by atoms with Gasteiger partial charge in [0.1, 0.15) is 42.3 Å². The van der Waals surface area contributed by atoms with Gasteiger partial charge in [-0.15, -0.1) is 0 Å². The van der Waals surface area contributed by atoms with Crippen molar-refractivity contribution >= 4 is 90.3 Å². The highest BCUT2D eigenvalue weighted by Gasteiger charge is 2.41. The topological polar surface area (TPSA) is 391 Å². The van der Waals surface area contributed by atoms with Crippen LogP contribution in [0.1, 0.15) is 77.6 Å². The lowest BCUT2D eigenvalue weighted by molar-refractivity contribution is -0.144. The number of nitrogens with zero attached hydrogens (tertiary/aromatic N) is 2. The molecule has 0 aromatic heterocycles. The minimum absolute atomic E-state index is 0.0141. The van der Waals surface area contributed by atoms with Crippen molar-refractivity contribution in [3.8, 4) is 0 Å². The number of unbranched alkanes of at least 4 members (excludes halogenated alkanes) is 1. The molecule has 15 N–H and O–H groups in total. The average molecular weight is 931 g/mol. The van der Waals surface area contributed by atoms with Gasteiger partial charge in [-0.3, -0.25) is 47.9 Å². The van der Waals surface area contributed by atoms with Crippen molar-refractivity contribution in [3.63, 3.8) is 0 Å². The molecule has 0 aromatic carbocycles. The van der Waals surface area contributed by atoms with Gasteiger partial charge in [0.2, 0.25) is 59.1 Å². The van der Waals surface area contributed by atoms with Crippen LogP contribution >= 0.6 is 25.3 Å². The molecule has 0 unspecified atom stereocenters. The first-order valence-corrected chi connectivity index (χ1v) is 21.9. The number of carbonyl (C=O) groups is 11. The average Bonchev–Trinajstić information content (AvgIpc) is 3.94. The van der Waals surface area contributed by atoms with Crippen LogP contribution in [0.2, 0.25) is 0 Å². The van der Waals surface area contributed by atoms with Crippen molar-refractivity contribution in [3.05, 3.63) is 0 Å². The SMILES string of the molecule is C[C@H](NC(=O)[C@@H]1CCCN1C(=O)[C@H](CCC(N)=O)NC(=O)[C@@H](N)CS)C(=O)N1CCC[C@H]1C(=O)NCC(=O)N[C@@H](CCCCN)C(=O)N[C@@H](CCC(N)=O)C(=O)N[C@@H](CS)C(=O)O. The van der Waals surface area contributed by atoms with E-state index in [1.807, 2.05) is 0 Å². The molecule has 2 fully saturated rings. The number of carbonyl (C=O) groups excluding carboxylic acids is 10. The highest BCUT2D eigenvalue weighted by molar-refractivity contribution is 7.80. The summed E-state index contributed by atoms with van der Waals surface area (Å²) in [7, 11) is 0. The summed E-state index contributed by atoms with van der Waals surface area (Å²) >= 11 is 7.90. The van der Waals surface area contributed by atoms with Gasteiger partial charge in [-0.1, -0.05) is 0 Å².